The standard InChI is InChI=1S/C78H51N3/c1-6-24-52(25-7-1)57-42-47-72(66(50-57)55-30-12-4-13-31-55)80-69-39-21-17-35-61(69)63-46-49-74-76(78(63)80)65-37-19-22-40-70(65)79(74)68-38-20-16-34-60(68)62-45-44-59(54-28-10-3-11-29-54)77-75(62)64-36-18-23-41-71(64)81(77)73-48-43-58(53-26-8-2-9-27-53)51-67(73)56-32-14-5-15-33-56/h1-51H. The van der Waals surface area contributed by atoms with Crippen LogP contribution in [0, 0.1) is 0 Å². The molecular formula is C78H51N3. The van der Waals surface area contributed by atoms with Crippen LogP contribution in [0.2, 0.25) is 0 Å². The summed E-state index contributed by atoms with van der Waals surface area (Å²) in [6.07, 6.45) is 0. The summed E-state index contributed by atoms with van der Waals surface area (Å²) in [6, 6.07) is 114. The second-order valence-corrected chi connectivity index (χ2v) is 21.1. The zero-order valence-corrected chi connectivity index (χ0v) is 44.3. The van der Waals surface area contributed by atoms with Crippen LogP contribution in [-0.2, 0) is 0 Å². The van der Waals surface area contributed by atoms with Crippen LogP contribution in [0.25, 0.3) is 149 Å². The van der Waals surface area contributed by atoms with E-state index in [1.54, 1.807) is 0 Å². The molecule has 0 atom stereocenters. The number of fused-ring (bicyclic) bond motifs is 10. The fourth-order valence-electron chi connectivity index (χ4n) is 13.1. The number of benzene rings is 13. The highest BCUT2D eigenvalue weighted by Crippen LogP contribution is 2.49. The van der Waals surface area contributed by atoms with Gasteiger partial charge in [-0.1, -0.05) is 255 Å². The van der Waals surface area contributed by atoms with Gasteiger partial charge in [-0.05, 0) is 99.1 Å². The van der Waals surface area contributed by atoms with E-state index in [9.17, 15) is 0 Å². The van der Waals surface area contributed by atoms with Gasteiger partial charge in [-0.3, -0.25) is 0 Å². The summed E-state index contributed by atoms with van der Waals surface area (Å²) < 4.78 is 7.62. The molecule has 0 saturated heterocycles. The normalized spacial score (nSPS) is 11.7. The third-order valence-corrected chi connectivity index (χ3v) is 16.7. The maximum absolute atomic E-state index is 2.55. The number of aromatic nitrogens is 3. The molecule has 16 rings (SSSR count). The Balaban J connectivity index is 0.983. The fourth-order valence-corrected chi connectivity index (χ4v) is 13.1. The molecule has 0 saturated carbocycles. The maximum atomic E-state index is 2.55. The molecule has 13 aromatic carbocycles. The molecule has 0 radical (unpaired) electrons. The third-order valence-electron chi connectivity index (χ3n) is 16.7. The highest BCUT2D eigenvalue weighted by Gasteiger charge is 2.27. The van der Waals surface area contributed by atoms with Gasteiger partial charge in [0.1, 0.15) is 0 Å². The zero-order valence-electron chi connectivity index (χ0n) is 44.3. The van der Waals surface area contributed by atoms with E-state index in [-0.39, 0.29) is 0 Å². The van der Waals surface area contributed by atoms with E-state index < -0.39 is 0 Å². The summed E-state index contributed by atoms with van der Waals surface area (Å²) in [7, 11) is 0. The Morgan fingerprint density at radius 2 is 0.568 bits per heavy atom. The van der Waals surface area contributed by atoms with Crippen LogP contribution in [0.5, 0.6) is 0 Å². The predicted octanol–water partition coefficient (Wildman–Crippen LogP) is 21.0. The van der Waals surface area contributed by atoms with E-state index in [2.05, 4.69) is 323 Å². The van der Waals surface area contributed by atoms with Crippen LogP contribution in [0.1, 0.15) is 0 Å². The van der Waals surface area contributed by atoms with Gasteiger partial charge < -0.3 is 13.7 Å². The van der Waals surface area contributed by atoms with Crippen molar-refractivity contribution in [2.24, 2.45) is 0 Å². The highest BCUT2D eigenvalue weighted by atomic mass is 15.0. The molecule has 0 spiro atoms. The molecule has 0 fully saturated rings. The van der Waals surface area contributed by atoms with Gasteiger partial charge in [-0.25, -0.2) is 0 Å². The van der Waals surface area contributed by atoms with Gasteiger partial charge in [0.05, 0.1) is 50.2 Å². The average molecular weight is 1030 g/mol. The van der Waals surface area contributed by atoms with Crippen LogP contribution >= 0.6 is 0 Å². The van der Waals surface area contributed by atoms with Crippen molar-refractivity contribution < 1.29 is 0 Å². The van der Waals surface area contributed by atoms with E-state index in [4.69, 9.17) is 0 Å². The molecule has 0 N–H and O–H groups in total. The Hall–Kier alpha value is -10.7. The SMILES string of the molecule is c1ccc(-c2ccc(-n3c4ccccc4c4c(-c5ccccc5-n5c6ccccc6c6c5ccc5c7ccccc7n(-c7ccc(-c8ccccc8)cc7-c7ccccc7)c56)ccc(-c5ccccc5)c43)c(-c3ccccc3)c2)cc1. The number of nitrogens with zero attached hydrogens (tertiary/aromatic N) is 3. The van der Waals surface area contributed by atoms with Crippen LogP contribution < -0.4 is 0 Å². The predicted molar refractivity (Wildman–Crippen MR) is 342 cm³/mol. The molecule has 3 aromatic heterocycles. The first kappa shape index (κ1) is 46.4. The van der Waals surface area contributed by atoms with E-state index >= 15 is 0 Å². The number of hydrogen-bond acceptors (Lipinski definition) is 0. The Kier molecular flexibility index (Phi) is 10.9. The lowest BCUT2D eigenvalue weighted by Crippen LogP contribution is -2.00. The Labute approximate surface area is 469 Å². The van der Waals surface area contributed by atoms with Crippen molar-refractivity contribution in [3.8, 4) is 83.8 Å². The van der Waals surface area contributed by atoms with Crippen molar-refractivity contribution in [2.45, 2.75) is 0 Å². The molecule has 0 aliphatic rings. The number of rotatable bonds is 9. The Bertz CT molecular complexity index is 5070. The van der Waals surface area contributed by atoms with E-state index in [0.717, 1.165) is 39.2 Å². The molecule has 3 nitrogen and oxygen atoms in total. The molecular weight excluding hydrogens is 979 g/mol. The van der Waals surface area contributed by atoms with Gasteiger partial charge in [-0.2, -0.15) is 0 Å². The summed E-state index contributed by atoms with van der Waals surface area (Å²) in [4.78, 5) is 0. The molecule has 81 heavy (non-hydrogen) atoms. The first-order chi connectivity index (χ1) is 40.2. The van der Waals surface area contributed by atoms with Crippen molar-refractivity contribution >= 4 is 65.4 Å². The molecule has 0 aliphatic heterocycles. The maximum Gasteiger partial charge on any atom is 0.0641 e. The Morgan fingerprint density at radius 1 is 0.173 bits per heavy atom. The summed E-state index contributed by atoms with van der Waals surface area (Å²) in [5.41, 5.74) is 24.4. The van der Waals surface area contributed by atoms with Gasteiger partial charge in [-0.15, -0.1) is 0 Å². The van der Waals surface area contributed by atoms with Crippen LogP contribution in [0.3, 0.4) is 0 Å². The Morgan fingerprint density at radius 3 is 1.12 bits per heavy atom. The molecule has 0 bridgehead atoms. The summed E-state index contributed by atoms with van der Waals surface area (Å²) >= 11 is 0. The van der Waals surface area contributed by atoms with Crippen molar-refractivity contribution in [3.63, 3.8) is 0 Å². The monoisotopic (exact) mass is 1030 g/mol. The fraction of sp³-hybridized carbons (Fsp3) is 0. The molecule has 0 amide bonds. The van der Waals surface area contributed by atoms with Crippen molar-refractivity contribution in [2.75, 3.05) is 0 Å². The van der Waals surface area contributed by atoms with Crippen LogP contribution in [0.15, 0.2) is 309 Å². The summed E-state index contributed by atoms with van der Waals surface area (Å²) in [5.74, 6) is 0. The van der Waals surface area contributed by atoms with Gasteiger partial charge in [0.25, 0.3) is 0 Å². The zero-order chi connectivity index (χ0) is 53.4. The first-order valence-corrected chi connectivity index (χ1v) is 27.9. The lowest BCUT2D eigenvalue weighted by atomic mass is 9.93. The molecule has 378 valence electrons. The molecule has 3 heteroatoms. The van der Waals surface area contributed by atoms with Crippen LogP contribution in [0.4, 0.5) is 0 Å². The van der Waals surface area contributed by atoms with E-state index in [0.29, 0.717) is 0 Å². The lowest BCUT2D eigenvalue weighted by Gasteiger charge is -2.19. The van der Waals surface area contributed by atoms with E-state index in [1.165, 1.54) is 110 Å². The van der Waals surface area contributed by atoms with Crippen molar-refractivity contribution in [1.82, 2.24) is 13.7 Å². The molecule has 0 unspecified atom stereocenters. The second kappa shape index (κ2) is 19.0. The van der Waals surface area contributed by atoms with Crippen molar-refractivity contribution in [3.05, 3.63) is 309 Å². The van der Waals surface area contributed by atoms with Gasteiger partial charge in [0.15, 0.2) is 0 Å². The van der Waals surface area contributed by atoms with E-state index in [1.807, 2.05) is 0 Å². The summed E-state index contributed by atoms with van der Waals surface area (Å²) in [5, 5.41) is 7.27. The quantitative estimate of drug-likeness (QED) is 0.137. The lowest BCUT2D eigenvalue weighted by molar-refractivity contribution is 1.17. The topological polar surface area (TPSA) is 14.8 Å². The van der Waals surface area contributed by atoms with Gasteiger partial charge in [0.2, 0.25) is 0 Å². The third kappa shape index (κ3) is 7.44. The minimum Gasteiger partial charge on any atom is -0.309 e. The molecule has 16 aromatic rings. The number of para-hydroxylation sites is 4. The van der Waals surface area contributed by atoms with Crippen LogP contribution in [-0.4, -0.2) is 13.7 Å². The minimum atomic E-state index is 1.12. The molecule has 0 aliphatic carbocycles. The molecule has 3 heterocycles. The smallest absolute Gasteiger partial charge is 0.0641 e. The number of hydrogen-bond donors (Lipinski definition) is 0. The van der Waals surface area contributed by atoms with Crippen molar-refractivity contribution in [1.29, 1.82) is 0 Å². The van der Waals surface area contributed by atoms with Gasteiger partial charge >= 0.3 is 0 Å². The largest absolute Gasteiger partial charge is 0.309 e. The average Bonchev–Trinajstić information content (AvgIpc) is 4.28. The second-order valence-electron chi connectivity index (χ2n) is 21.1. The van der Waals surface area contributed by atoms with Gasteiger partial charge in [0, 0.05) is 54.6 Å². The minimum absolute atomic E-state index is 1.12. The highest BCUT2D eigenvalue weighted by molar-refractivity contribution is 6.27. The summed E-state index contributed by atoms with van der Waals surface area (Å²) in [6.45, 7) is 0. The first-order valence-electron chi connectivity index (χ1n) is 27.9.